The lowest BCUT2D eigenvalue weighted by atomic mass is 10.1. The van der Waals surface area contributed by atoms with Crippen LogP contribution in [-0.2, 0) is 11.3 Å². The molecule has 0 aliphatic carbocycles. The topological polar surface area (TPSA) is 29.5 Å². The van der Waals surface area contributed by atoms with Crippen molar-refractivity contribution in [3.05, 3.63) is 35.4 Å². The molecular formula is C15H21NO2. The minimum atomic E-state index is -0.274. The number of ether oxygens (including phenoxy) is 1. The van der Waals surface area contributed by atoms with Crippen LogP contribution in [0.4, 0.5) is 0 Å². The smallest absolute Gasteiger partial charge is 0.337 e. The fourth-order valence-electron chi connectivity index (χ4n) is 2.64. The summed E-state index contributed by atoms with van der Waals surface area (Å²) in [5.41, 5.74) is 1.87. The molecule has 1 aromatic rings. The summed E-state index contributed by atoms with van der Waals surface area (Å²) in [6.07, 6.45) is 2.56. The summed E-state index contributed by atoms with van der Waals surface area (Å²) < 4.78 is 4.69. The summed E-state index contributed by atoms with van der Waals surface area (Å²) in [5.74, 6) is -0.274. The molecule has 0 amide bonds. The Hall–Kier alpha value is -1.35. The molecule has 2 rings (SSSR count). The maximum atomic E-state index is 11.3. The first kappa shape index (κ1) is 13.1. The van der Waals surface area contributed by atoms with Crippen LogP contribution in [0, 0.1) is 0 Å². The summed E-state index contributed by atoms with van der Waals surface area (Å²) in [7, 11) is 1.41. The molecule has 98 valence electrons. The van der Waals surface area contributed by atoms with E-state index in [1.807, 2.05) is 24.3 Å². The maximum Gasteiger partial charge on any atom is 0.337 e. The van der Waals surface area contributed by atoms with E-state index in [4.69, 9.17) is 4.74 Å². The van der Waals surface area contributed by atoms with Crippen LogP contribution in [0.25, 0.3) is 0 Å². The third-order valence-electron chi connectivity index (χ3n) is 3.87. The van der Waals surface area contributed by atoms with Crippen molar-refractivity contribution in [2.24, 2.45) is 0 Å². The number of likely N-dealkylation sites (tertiary alicyclic amines) is 1. The lowest BCUT2D eigenvalue weighted by Gasteiger charge is -2.25. The molecule has 1 heterocycles. The van der Waals surface area contributed by atoms with E-state index in [-0.39, 0.29) is 5.97 Å². The quantitative estimate of drug-likeness (QED) is 0.769. The zero-order valence-corrected chi connectivity index (χ0v) is 11.3. The van der Waals surface area contributed by atoms with Crippen molar-refractivity contribution >= 4 is 5.97 Å². The third-order valence-corrected chi connectivity index (χ3v) is 3.87. The first-order chi connectivity index (χ1) is 8.61. The minimum absolute atomic E-state index is 0.274. The highest BCUT2D eigenvalue weighted by molar-refractivity contribution is 5.89. The van der Waals surface area contributed by atoms with Crippen molar-refractivity contribution in [1.82, 2.24) is 4.90 Å². The maximum absolute atomic E-state index is 11.3. The Morgan fingerprint density at radius 3 is 2.28 bits per heavy atom. The number of carbonyl (C=O) groups is 1. The average Bonchev–Trinajstić information content (AvgIpc) is 2.70. The minimum Gasteiger partial charge on any atom is -0.465 e. The predicted molar refractivity (Wildman–Crippen MR) is 71.5 cm³/mol. The van der Waals surface area contributed by atoms with Crippen molar-refractivity contribution < 1.29 is 9.53 Å². The van der Waals surface area contributed by atoms with Crippen LogP contribution in [0.3, 0.4) is 0 Å². The van der Waals surface area contributed by atoms with E-state index in [2.05, 4.69) is 18.7 Å². The highest BCUT2D eigenvalue weighted by atomic mass is 16.5. The van der Waals surface area contributed by atoms with Crippen LogP contribution in [0.5, 0.6) is 0 Å². The number of esters is 1. The lowest BCUT2D eigenvalue weighted by Crippen LogP contribution is -2.31. The zero-order valence-electron chi connectivity index (χ0n) is 11.3. The zero-order chi connectivity index (χ0) is 13.1. The van der Waals surface area contributed by atoms with Gasteiger partial charge in [-0.3, -0.25) is 4.90 Å². The Morgan fingerprint density at radius 1 is 1.22 bits per heavy atom. The van der Waals surface area contributed by atoms with E-state index >= 15 is 0 Å². The van der Waals surface area contributed by atoms with Gasteiger partial charge in [-0.25, -0.2) is 4.79 Å². The number of hydrogen-bond donors (Lipinski definition) is 0. The number of benzene rings is 1. The van der Waals surface area contributed by atoms with Crippen LogP contribution >= 0.6 is 0 Å². The molecule has 0 bridgehead atoms. The molecule has 0 saturated carbocycles. The molecular weight excluding hydrogens is 226 g/mol. The standard InChI is InChI=1S/C15H21NO2/c1-11-4-5-12(2)16(11)10-13-6-8-14(9-7-13)15(17)18-3/h6-9,11-12H,4-5,10H2,1-3H3/t11-,12-/m1/s1. The van der Waals surface area contributed by atoms with Gasteiger partial charge in [0.25, 0.3) is 0 Å². The van der Waals surface area contributed by atoms with Gasteiger partial charge in [0.2, 0.25) is 0 Å². The van der Waals surface area contributed by atoms with Crippen LogP contribution in [-0.4, -0.2) is 30.1 Å². The highest BCUT2D eigenvalue weighted by Gasteiger charge is 2.26. The van der Waals surface area contributed by atoms with E-state index in [1.165, 1.54) is 25.5 Å². The van der Waals surface area contributed by atoms with Gasteiger partial charge < -0.3 is 4.74 Å². The molecule has 0 unspecified atom stereocenters. The monoisotopic (exact) mass is 247 g/mol. The summed E-state index contributed by atoms with van der Waals surface area (Å²) in [6, 6.07) is 9.02. The first-order valence-electron chi connectivity index (χ1n) is 6.55. The van der Waals surface area contributed by atoms with E-state index in [0.717, 1.165) is 6.54 Å². The molecule has 0 N–H and O–H groups in total. The Morgan fingerprint density at radius 2 is 1.78 bits per heavy atom. The van der Waals surface area contributed by atoms with Gasteiger partial charge >= 0.3 is 5.97 Å². The highest BCUT2D eigenvalue weighted by Crippen LogP contribution is 2.25. The number of rotatable bonds is 3. The number of carbonyl (C=O) groups excluding carboxylic acids is 1. The van der Waals surface area contributed by atoms with E-state index in [9.17, 15) is 4.79 Å². The molecule has 1 saturated heterocycles. The van der Waals surface area contributed by atoms with Crippen molar-refractivity contribution in [3.8, 4) is 0 Å². The molecule has 1 aliphatic heterocycles. The van der Waals surface area contributed by atoms with Gasteiger partial charge in [0, 0.05) is 18.6 Å². The largest absolute Gasteiger partial charge is 0.465 e. The molecule has 0 spiro atoms. The van der Waals surface area contributed by atoms with Crippen molar-refractivity contribution in [2.45, 2.75) is 45.3 Å². The van der Waals surface area contributed by atoms with Gasteiger partial charge in [0.05, 0.1) is 12.7 Å². The second-order valence-electron chi connectivity index (χ2n) is 5.14. The molecule has 18 heavy (non-hydrogen) atoms. The van der Waals surface area contributed by atoms with Crippen LogP contribution in [0.1, 0.15) is 42.6 Å². The second kappa shape index (κ2) is 5.53. The summed E-state index contributed by atoms with van der Waals surface area (Å²) in [6.45, 7) is 5.53. The number of hydrogen-bond acceptors (Lipinski definition) is 3. The van der Waals surface area contributed by atoms with Gasteiger partial charge in [0.15, 0.2) is 0 Å². The normalized spacial score (nSPS) is 24.2. The van der Waals surface area contributed by atoms with Crippen molar-refractivity contribution in [3.63, 3.8) is 0 Å². The van der Waals surface area contributed by atoms with Crippen LogP contribution in [0.15, 0.2) is 24.3 Å². The number of methoxy groups -OCH3 is 1. The van der Waals surface area contributed by atoms with Crippen molar-refractivity contribution in [1.29, 1.82) is 0 Å². The molecule has 1 fully saturated rings. The lowest BCUT2D eigenvalue weighted by molar-refractivity contribution is 0.0600. The summed E-state index contributed by atoms with van der Waals surface area (Å²) in [4.78, 5) is 13.9. The van der Waals surface area contributed by atoms with E-state index < -0.39 is 0 Å². The molecule has 0 radical (unpaired) electrons. The Balaban J connectivity index is 2.04. The Labute approximate surface area is 109 Å². The SMILES string of the molecule is COC(=O)c1ccc(CN2[C@H](C)CC[C@H]2C)cc1. The predicted octanol–water partition coefficient (Wildman–Crippen LogP) is 2.85. The van der Waals surface area contributed by atoms with Gasteiger partial charge in [-0.15, -0.1) is 0 Å². The fourth-order valence-corrected chi connectivity index (χ4v) is 2.64. The second-order valence-corrected chi connectivity index (χ2v) is 5.14. The molecule has 0 aromatic heterocycles. The van der Waals surface area contributed by atoms with Crippen molar-refractivity contribution in [2.75, 3.05) is 7.11 Å². The molecule has 2 atom stereocenters. The molecule has 3 nitrogen and oxygen atoms in total. The average molecular weight is 247 g/mol. The molecule has 3 heteroatoms. The fraction of sp³-hybridized carbons (Fsp3) is 0.533. The molecule has 1 aromatic carbocycles. The van der Waals surface area contributed by atoms with Crippen LogP contribution < -0.4 is 0 Å². The van der Waals surface area contributed by atoms with Gasteiger partial charge in [0.1, 0.15) is 0 Å². The number of nitrogens with zero attached hydrogens (tertiary/aromatic N) is 1. The first-order valence-corrected chi connectivity index (χ1v) is 6.55. The van der Waals surface area contributed by atoms with Crippen LogP contribution in [0.2, 0.25) is 0 Å². The third kappa shape index (κ3) is 2.72. The van der Waals surface area contributed by atoms with Gasteiger partial charge in [-0.05, 0) is 44.4 Å². The van der Waals surface area contributed by atoms with Gasteiger partial charge in [-0.2, -0.15) is 0 Å². The molecule has 1 aliphatic rings. The van der Waals surface area contributed by atoms with Gasteiger partial charge in [-0.1, -0.05) is 12.1 Å². The Kier molecular flexibility index (Phi) is 4.02. The van der Waals surface area contributed by atoms with E-state index in [1.54, 1.807) is 0 Å². The summed E-state index contributed by atoms with van der Waals surface area (Å²) >= 11 is 0. The Bertz CT molecular complexity index is 403. The summed E-state index contributed by atoms with van der Waals surface area (Å²) in [5, 5.41) is 0. The van der Waals surface area contributed by atoms with E-state index in [0.29, 0.717) is 17.6 Å².